The van der Waals surface area contributed by atoms with Crippen LogP contribution in [0.1, 0.15) is 15.9 Å². The van der Waals surface area contributed by atoms with Gasteiger partial charge in [-0.2, -0.15) is 0 Å². The Balaban J connectivity index is 2.37. The van der Waals surface area contributed by atoms with Gasteiger partial charge in [0.2, 0.25) is 0 Å². The number of halogens is 2. The quantitative estimate of drug-likeness (QED) is 0.809. The number of hydrogen-bond donors (Lipinski definition) is 1. The predicted octanol–water partition coefficient (Wildman–Crippen LogP) is 4.58. The number of aliphatic carboxylic acids is 1. The van der Waals surface area contributed by atoms with Gasteiger partial charge in [0.1, 0.15) is 0 Å². The molecule has 21 heavy (non-hydrogen) atoms. The average Bonchev–Trinajstić information content (AvgIpc) is 2.45. The van der Waals surface area contributed by atoms with Crippen LogP contribution in [-0.2, 0) is 11.2 Å². The molecule has 0 amide bonds. The van der Waals surface area contributed by atoms with Crippen LogP contribution in [0.25, 0.3) is 0 Å². The van der Waals surface area contributed by atoms with E-state index in [9.17, 15) is 9.59 Å². The summed E-state index contributed by atoms with van der Waals surface area (Å²) in [4.78, 5) is 23.2. The van der Waals surface area contributed by atoms with E-state index in [0.29, 0.717) is 22.3 Å². The fourth-order valence-electron chi connectivity index (χ4n) is 1.75. The first kappa shape index (κ1) is 15.9. The van der Waals surface area contributed by atoms with E-state index in [1.54, 1.807) is 24.3 Å². The van der Waals surface area contributed by atoms with Crippen LogP contribution in [0.15, 0.2) is 46.2 Å². The van der Waals surface area contributed by atoms with Gasteiger partial charge in [0.05, 0.1) is 16.5 Å². The molecule has 0 aromatic heterocycles. The number of carboxylic acid groups (broad SMARTS) is 1. The lowest BCUT2D eigenvalue weighted by Crippen LogP contribution is -2.01. The summed E-state index contributed by atoms with van der Waals surface area (Å²) in [5, 5.41) is 9.42. The van der Waals surface area contributed by atoms with Crippen LogP contribution in [0.2, 0.25) is 10.0 Å². The molecule has 0 saturated heterocycles. The molecule has 0 unspecified atom stereocenters. The van der Waals surface area contributed by atoms with Gasteiger partial charge in [-0.05, 0) is 23.8 Å². The van der Waals surface area contributed by atoms with E-state index in [1.807, 2.05) is 12.1 Å². The normalized spacial score (nSPS) is 10.4. The number of aldehydes is 1. The molecule has 0 atom stereocenters. The lowest BCUT2D eigenvalue weighted by Gasteiger charge is -2.10. The van der Waals surface area contributed by atoms with Crippen LogP contribution < -0.4 is 0 Å². The van der Waals surface area contributed by atoms with Crippen LogP contribution in [0.4, 0.5) is 0 Å². The molecular weight excluding hydrogens is 331 g/mol. The van der Waals surface area contributed by atoms with E-state index in [4.69, 9.17) is 28.3 Å². The molecule has 2 aromatic rings. The summed E-state index contributed by atoms with van der Waals surface area (Å²) in [6.45, 7) is 0. The van der Waals surface area contributed by atoms with E-state index < -0.39 is 5.97 Å². The minimum Gasteiger partial charge on any atom is -0.481 e. The van der Waals surface area contributed by atoms with Crippen LogP contribution >= 0.6 is 35.0 Å². The third-order valence-corrected chi connectivity index (χ3v) is 4.92. The van der Waals surface area contributed by atoms with Crippen molar-refractivity contribution in [2.75, 3.05) is 0 Å². The van der Waals surface area contributed by atoms with Crippen molar-refractivity contribution in [3.05, 3.63) is 57.6 Å². The second kappa shape index (κ2) is 6.98. The van der Waals surface area contributed by atoms with Gasteiger partial charge in [-0.25, -0.2) is 0 Å². The maximum absolute atomic E-state index is 10.9. The van der Waals surface area contributed by atoms with Crippen molar-refractivity contribution in [2.24, 2.45) is 0 Å². The fourth-order valence-corrected chi connectivity index (χ4v) is 3.28. The van der Waals surface area contributed by atoms with E-state index in [1.165, 1.54) is 11.8 Å². The molecule has 108 valence electrons. The van der Waals surface area contributed by atoms with Crippen molar-refractivity contribution < 1.29 is 14.7 Å². The second-order valence-corrected chi connectivity index (χ2v) is 6.02. The molecule has 0 heterocycles. The zero-order valence-electron chi connectivity index (χ0n) is 10.7. The van der Waals surface area contributed by atoms with Gasteiger partial charge in [0.15, 0.2) is 6.29 Å². The maximum atomic E-state index is 10.9. The summed E-state index contributed by atoms with van der Waals surface area (Å²) >= 11 is 13.5. The third-order valence-electron chi connectivity index (χ3n) is 2.74. The fraction of sp³-hybridized carbons (Fsp3) is 0.0667. The number of carbonyl (C=O) groups excluding carboxylic acids is 1. The van der Waals surface area contributed by atoms with Crippen molar-refractivity contribution in [3.63, 3.8) is 0 Å². The molecule has 0 saturated carbocycles. The third kappa shape index (κ3) is 3.79. The Labute approximate surface area is 135 Å². The Kier molecular flexibility index (Phi) is 5.28. The minimum atomic E-state index is -0.900. The molecule has 6 heteroatoms. The van der Waals surface area contributed by atoms with Gasteiger partial charge in [-0.3, -0.25) is 9.59 Å². The molecule has 3 nitrogen and oxygen atoms in total. The predicted molar refractivity (Wildman–Crippen MR) is 83.8 cm³/mol. The average molecular weight is 341 g/mol. The van der Waals surface area contributed by atoms with Gasteiger partial charge >= 0.3 is 5.97 Å². The summed E-state index contributed by atoms with van der Waals surface area (Å²) in [5.41, 5.74) is 1.02. The summed E-state index contributed by atoms with van der Waals surface area (Å²) < 4.78 is 0. The van der Waals surface area contributed by atoms with Crippen molar-refractivity contribution in [3.8, 4) is 0 Å². The zero-order chi connectivity index (χ0) is 15.4. The number of carboxylic acids is 1. The number of hydrogen-bond acceptors (Lipinski definition) is 3. The van der Waals surface area contributed by atoms with Gasteiger partial charge in [-0.15, -0.1) is 0 Å². The number of rotatable bonds is 5. The van der Waals surface area contributed by atoms with Gasteiger partial charge < -0.3 is 5.11 Å². The number of carbonyl (C=O) groups is 2. The Morgan fingerprint density at radius 3 is 2.48 bits per heavy atom. The van der Waals surface area contributed by atoms with E-state index in [2.05, 4.69) is 0 Å². The van der Waals surface area contributed by atoms with Crippen molar-refractivity contribution >= 4 is 47.2 Å². The minimum absolute atomic E-state index is 0.0685. The molecule has 0 radical (unpaired) electrons. The zero-order valence-corrected chi connectivity index (χ0v) is 13.0. The van der Waals surface area contributed by atoms with Crippen LogP contribution in [-0.4, -0.2) is 17.4 Å². The van der Waals surface area contributed by atoms with E-state index in [-0.39, 0.29) is 16.5 Å². The monoisotopic (exact) mass is 340 g/mol. The van der Waals surface area contributed by atoms with Crippen LogP contribution in [0.3, 0.4) is 0 Å². The summed E-state index contributed by atoms with van der Waals surface area (Å²) in [5.74, 6) is -0.900. The van der Waals surface area contributed by atoms with Crippen molar-refractivity contribution in [1.29, 1.82) is 0 Å². The van der Waals surface area contributed by atoms with Crippen LogP contribution in [0.5, 0.6) is 0 Å². The van der Waals surface area contributed by atoms with E-state index in [0.717, 1.165) is 4.90 Å². The first-order chi connectivity index (χ1) is 10.0. The molecular formula is C15H10Cl2O3S. The van der Waals surface area contributed by atoms with Crippen LogP contribution in [0, 0.1) is 0 Å². The molecule has 1 N–H and O–H groups in total. The molecule has 0 bridgehead atoms. The highest BCUT2D eigenvalue weighted by Crippen LogP contribution is 2.39. The SMILES string of the molecule is O=Cc1ccc(Sc2ccccc2CC(=O)O)c(Cl)c1Cl. The molecule has 0 fully saturated rings. The molecule has 2 rings (SSSR count). The molecule has 0 aliphatic heterocycles. The smallest absolute Gasteiger partial charge is 0.307 e. The summed E-state index contributed by atoms with van der Waals surface area (Å²) in [6, 6.07) is 10.5. The Morgan fingerprint density at radius 1 is 1.10 bits per heavy atom. The standard InChI is InChI=1S/C15H10Cl2O3S/c16-14-10(8-18)5-6-12(15(14)17)21-11-4-2-1-3-9(11)7-13(19)20/h1-6,8H,7H2,(H,19,20). The van der Waals surface area contributed by atoms with Crippen molar-refractivity contribution in [2.45, 2.75) is 16.2 Å². The van der Waals surface area contributed by atoms with E-state index >= 15 is 0 Å². The highest BCUT2D eigenvalue weighted by atomic mass is 35.5. The largest absolute Gasteiger partial charge is 0.481 e. The molecule has 0 aliphatic carbocycles. The molecule has 0 spiro atoms. The molecule has 0 aliphatic rings. The first-order valence-electron chi connectivity index (χ1n) is 5.93. The highest BCUT2D eigenvalue weighted by Gasteiger charge is 2.13. The first-order valence-corrected chi connectivity index (χ1v) is 7.51. The Hall–Kier alpha value is -1.49. The van der Waals surface area contributed by atoms with Gasteiger partial charge in [-0.1, -0.05) is 53.2 Å². The summed E-state index contributed by atoms with van der Waals surface area (Å²) in [7, 11) is 0. The topological polar surface area (TPSA) is 54.4 Å². The highest BCUT2D eigenvalue weighted by molar-refractivity contribution is 7.99. The Morgan fingerprint density at radius 2 is 1.81 bits per heavy atom. The lowest BCUT2D eigenvalue weighted by molar-refractivity contribution is -0.136. The van der Waals surface area contributed by atoms with Crippen molar-refractivity contribution in [1.82, 2.24) is 0 Å². The maximum Gasteiger partial charge on any atom is 0.307 e. The van der Waals surface area contributed by atoms with Gasteiger partial charge in [0, 0.05) is 15.4 Å². The Bertz CT molecular complexity index is 701. The second-order valence-electron chi connectivity index (χ2n) is 4.18. The number of benzene rings is 2. The van der Waals surface area contributed by atoms with Gasteiger partial charge in [0.25, 0.3) is 0 Å². The lowest BCUT2D eigenvalue weighted by atomic mass is 10.1. The summed E-state index contributed by atoms with van der Waals surface area (Å²) in [6.07, 6.45) is 0.571. The molecule has 2 aromatic carbocycles.